The second-order valence-electron chi connectivity index (χ2n) is 13.0. The van der Waals surface area contributed by atoms with Crippen molar-refractivity contribution >= 4 is 21.8 Å². The summed E-state index contributed by atoms with van der Waals surface area (Å²) in [6, 6.07) is 58.4. The van der Waals surface area contributed by atoms with Gasteiger partial charge in [-0.25, -0.2) is 0 Å². The number of hydrogen-bond donors (Lipinski definition) is 0. The van der Waals surface area contributed by atoms with Gasteiger partial charge in [0.1, 0.15) is 6.07 Å². The van der Waals surface area contributed by atoms with Gasteiger partial charge in [-0.15, -0.1) is 0 Å². The van der Waals surface area contributed by atoms with Crippen molar-refractivity contribution in [2.45, 2.75) is 11.8 Å². The first-order valence-corrected chi connectivity index (χ1v) is 16.6. The van der Waals surface area contributed by atoms with Crippen molar-refractivity contribution < 1.29 is 0 Å². The molecule has 0 fully saturated rings. The lowest BCUT2D eigenvalue weighted by atomic mass is 9.58. The molecule has 3 aliphatic carbocycles. The standard InChI is InChI=1S/C46H27N3/c47-26-30-16-11-19-34-42(30)46-44-35(22-23-41(38(44)27-48)49-39-20-9-7-17-32(39)33-18-8-10-21-40(33)49)43(34)37-25-31(28-12-3-1-4-13-28)24-36(45(37)46)29-14-5-2-6-15-29/h1-25,43,46H. The topological polar surface area (TPSA) is 52.5 Å². The number of nitriles is 2. The normalized spacial score (nSPS) is 15.3. The average molecular weight is 622 g/mol. The van der Waals surface area contributed by atoms with Crippen molar-refractivity contribution in [2.24, 2.45) is 0 Å². The van der Waals surface area contributed by atoms with Gasteiger partial charge in [0.2, 0.25) is 0 Å². The van der Waals surface area contributed by atoms with Crippen LogP contribution in [0.15, 0.2) is 152 Å². The van der Waals surface area contributed by atoms with Gasteiger partial charge in [0, 0.05) is 22.6 Å². The Balaban J connectivity index is 1.33. The average Bonchev–Trinajstić information content (AvgIpc) is 3.51. The summed E-state index contributed by atoms with van der Waals surface area (Å²) in [6.45, 7) is 0. The third-order valence-electron chi connectivity index (χ3n) is 10.7. The van der Waals surface area contributed by atoms with Crippen molar-refractivity contribution in [2.75, 3.05) is 0 Å². The molecule has 1 heterocycles. The van der Waals surface area contributed by atoms with Gasteiger partial charge in [-0.2, -0.15) is 10.5 Å². The Kier molecular flexibility index (Phi) is 5.83. The second kappa shape index (κ2) is 10.4. The van der Waals surface area contributed by atoms with E-state index >= 15 is 0 Å². The quantitative estimate of drug-likeness (QED) is 0.197. The molecule has 49 heavy (non-hydrogen) atoms. The maximum Gasteiger partial charge on any atom is 0.102 e. The van der Waals surface area contributed by atoms with E-state index in [2.05, 4.69) is 150 Å². The summed E-state index contributed by atoms with van der Waals surface area (Å²) in [5.74, 6) is -0.410. The van der Waals surface area contributed by atoms with Gasteiger partial charge >= 0.3 is 0 Å². The first-order chi connectivity index (χ1) is 24.3. The first-order valence-electron chi connectivity index (χ1n) is 16.6. The van der Waals surface area contributed by atoms with Crippen molar-refractivity contribution in [1.82, 2.24) is 4.57 Å². The molecule has 0 radical (unpaired) electrons. The maximum atomic E-state index is 11.2. The van der Waals surface area contributed by atoms with Gasteiger partial charge in [0.15, 0.2) is 0 Å². The van der Waals surface area contributed by atoms with Crippen LogP contribution in [0.1, 0.15) is 56.3 Å². The fourth-order valence-corrected chi connectivity index (χ4v) is 8.75. The summed E-state index contributed by atoms with van der Waals surface area (Å²) >= 11 is 0. The predicted molar refractivity (Wildman–Crippen MR) is 196 cm³/mol. The Morgan fingerprint density at radius 1 is 0.449 bits per heavy atom. The second-order valence-corrected chi connectivity index (χ2v) is 13.0. The molecule has 11 rings (SSSR count). The summed E-state index contributed by atoms with van der Waals surface area (Å²) in [5.41, 5.74) is 15.7. The molecular weight excluding hydrogens is 595 g/mol. The minimum atomic E-state index is -0.288. The molecular formula is C46H27N3. The minimum absolute atomic E-state index is 0.122. The van der Waals surface area contributed by atoms with Gasteiger partial charge in [-0.05, 0) is 92.0 Å². The lowest BCUT2D eigenvalue weighted by Crippen LogP contribution is -2.30. The highest BCUT2D eigenvalue weighted by molar-refractivity contribution is 6.09. The number of para-hydroxylation sites is 2. The molecule has 3 heteroatoms. The van der Waals surface area contributed by atoms with E-state index in [-0.39, 0.29) is 11.8 Å². The van der Waals surface area contributed by atoms with Gasteiger partial charge in [-0.1, -0.05) is 115 Å². The van der Waals surface area contributed by atoms with E-state index in [0.717, 1.165) is 72.0 Å². The summed E-state index contributed by atoms with van der Waals surface area (Å²) in [7, 11) is 0. The van der Waals surface area contributed by atoms with Crippen LogP contribution >= 0.6 is 0 Å². The fraction of sp³-hybridized carbons (Fsp3) is 0.0435. The van der Waals surface area contributed by atoms with Crippen molar-refractivity contribution in [3.63, 3.8) is 0 Å². The van der Waals surface area contributed by atoms with E-state index in [1.54, 1.807) is 0 Å². The van der Waals surface area contributed by atoms with E-state index in [4.69, 9.17) is 0 Å². The molecule has 0 spiro atoms. The van der Waals surface area contributed by atoms with Gasteiger partial charge in [0.25, 0.3) is 0 Å². The van der Waals surface area contributed by atoms with Crippen molar-refractivity contribution in [1.29, 1.82) is 10.5 Å². The number of fused-ring (bicyclic) bond motifs is 3. The summed E-state index contributed by atoms with van der Waals surface area (Å²) < 4.78 is 2.25. The predicted octanol–water partition coefficient (Wildman–Crippen LogP) is 10.8. The molecule has 2 atom stereocenters. The highest BCUT2D eigenvalue weighted by Crippen LogP contribution is 2.60. The van der Waals surface area contributed by atoms with Crippen LogP contribution in [0.3, 0.4) is 0 Å². The molecule has 0 N–H and O–H groups in total. The fourth-order valence-electron chi connectivity index (χ4n) is 8.75. The van der Waals surface area contributed by atoms with Crippen LogP contribution in [0.5, 0.6) is 0 Å². The van der Waals surface area contributed by atoms with Gasteiger partial charge in [-0.3, -0.25) is 0 Å². The number of hydrogen-bond acceptors (Lipinski definition) is 2. The first kappa shape index (κ1) is 27.4. The number of nitrogens with zero attached hydrogens (tertiary/aromatic N) is 3. The monoisotopic (exact) mass is 621 g/mol. The van der Waals surface area contributed by atoms with Crippen LogP contribution in [0.2, 0.25) is 0 Å². The number of aromatic nitrogens is 1. The van der Waals surface area contributed by atoms with E-state index in [0.29, 0.717) is 11.1 Å². The third-order valence-corrected chi connectivity index (χ3v) is 10.7. The number of rotatable bonds is 3. The van der Waals surface area contributed by atoms with Crippen molar-refractivity contribution in [3.05, 3.63) is 196 Å². The zero-order valence-corrected chi connectivity index (χ0v) is 26.4. The molecule has 0 amide bonds. The smallest absolute Gasteiger partial charge is 0.102 e. The minimum Gasteiger partial charge on any atom is -0.308 e. The molecule has 0 saturated heterocycles. The lowest BCUT2D eigenvalue weighted by molar-refractivity contribution is 0.750. The zero-order chi connectivity index (χ0) is 32.6. The molecule has 3 aliphatic rings. The largest absolute Gasteiger partial charge is 0.308 e. The Hall–Kier alpha value is -6.68. The van der Waals surface area contributed by atoms with Crippen LogP contribution in [0, 0.1) is 22.7 Å². The van der Waals surface area contributed by atoms with Crippen LogP contribution in [-0.4, -0.2) is 4.57 Å². The molecule has 2 bridgehead atoms. The van der Waals surface area contributed by atoms with E-state index in [1.807, 2.05) is 18.2 Å². The zero-order valence-electron chi connectivity index (χ0n) is 26.4. The Labute approximate surface area is 284 Å². The molecule has 8 aromatic rings. The van der Waals surface area contributed by atoms with Crippen LogP contribution in [-0.2, 0) is 0 Å². The Bertz CT molecular complexity index is 2690. The molecule has 2 unspecified atom stereocenters. The van der Waals surface area contributed by atoms with Crippen LogP contribution in [0.25, 0.3) is 49.7 Å². The maximum absolute atomic E-state index is 11.2. The Morgan fingerprint density at radius 2 is 1.08 bits per heavy atom. The molecule has 0 aliphatic heterocycles. The highest BCUT2D eigenvalue weighted by Gasteiger charge is 2.46. The molecule has 7 aromatic carbocycles. The third kappa shape index (κ3) is 3.76. The molecule has 226 valence electrons. The summed E-state index contributed by atoms with van der Waals surface area (Å²) in [5, 5.41) is 24.1. The van der Waals surface area contributed by atoms with Crippen LogP contribution in [0.4, 0.5) is 0 Å². The molecule has 1 aromatic heterocycles. The van der Waals surface area contributed by atoms with Gasteiger partial charge in [0.05, 0.1) is 33.9 Å². The van der Waals surface area contributed by atoms with Crippen molar-refractivity contribution in [3.8, 4) is 40.1 Å². The van der Waals surface area contributed by atoms with Crippen LogP contribution < -0.4 is 0 Å². The summed E-state index contributed by atoms with van der Waals surface area (Å²) in [4.78, 5) is 0. The Morgan fingerprint density at radius 3 is 1.76 bits per heavy atom. The molecule has 3 nitrogen and oxygen atoms in total. The highest BCUT2D eigenvalue weighted by atomic mass is 15.0. The lowest BCUT2D eigenvalue weighted by Gasteiger charge is -2.44. The summed E-state index contributed by atoms with van der Waals surface area (Å²) in [6.07, 6.45) is 0. The SMILES string of the molecule is N#Cc1cccc2c1C1c3c(-c4ccccc4)cc(-c4ccccc4)cc3C2c2ccc(-n3c4ccccc4c4ccccc43)c(C#N)c21. The van der Waals surface area contributed by atoms with E-state index < -0.39 is 0 Å². The van der Waals surface area contributed by atoms with Gasteiger partial charge < -0.3 is 4.57 Å². The molecule has 0 saturated carbocycles. The number of benzene rings is 7. The van der Waals surface area contributed by atoms with E-state index in [1.165, 1.54) is 11.1 Å². The van der Waals surface area contributed by atoms with E-state index in [9.17, 15) is 10.5 Å².